The summed E-state index contributed by atoms with van der Waals surface area (Å²) in [6.45, 7) is 10.2. The summed E-state index contributed by atoms with van der Waals surface area (Å²) in [5, 5.41) is 7.73. The number of hydrogen-bond donors (Lipinski definition) is 1. The minimum Gasteiger partial charge on any atom is -0.444 e. The van der Waals surface area contributed by atoms with E-state index in [0.29, 0.717) is 18.6 Å². The Hall–Kier alpha value is -1.63. The predicted octanol–water partition coefficient (Wildman–Crippen LogP) is 2.05. The lowest BCUT2D eigenvalue weighted by atomic mass is 10.0. The van der Waals surface area contributed by atoms with E-state index in [-0.39, 0.29) is 6.09 Å². The van der Waals surface area contributed by atoms with Crippen LogP contribution in [0.25, 0.3) is 0 Å². The van der Waals surface area contributed by atoms with Gasteiger partial charge in [-0.25, -0.2) is 9.78 Å². The third-order valence-corrected chi connectivity index (χ3v) is 3.85. The SMILES string of the molecule is CC(CCn1cncn1)NC1CCCN(C(=O)OC(C)(C)C)C1. The van der Waals surface area contributed by atoms with Crippen LogP contribution < -0.4 is 5.32 Å². The first-order valence-electron chi connectivity index (χ1n) is 8.40. The molecule has 1 N–H and O–H groups in total. The van der Waals surface area contributed by atoms with E-state index in [0.717, 1.165) is 32.4 Å². The van der Waals surface area contributed by atoms with Crippen molar-refractivity contribution in [1.29, 1.82) is 0 Å². The average Bonchev–Trinajstić information content (AvgIpc) is 2.97. The molecule has 0 spiro atoms. The molecule has 0 aromatic carbocycles. The minimum absolute atomic E-state index is 0.209. The predicted molar refractivity (Wildman–Crippen MR) is 88.1 cm³/mol. The third-order valence-electron chi connectivity index (χ3n) is 3.85. The number of hydrogen-bond acceptors (Lipinski definition) is 5. The van der Waals surface area contributed by atoms with Gasteiger partial charge in [0.1, 0.15) is 18.3 Å². The normalized spacial score (nSPS) is 20.3. The van der Waals surface area contributed by atoms with E-state index >= 15 is 0 Å². The minimum atomic E-state index is -0.442. The zero-order valence-electron chi connectivity index (χ0n) is 14.7. The number of nitrogens with one attached hydrogen (secondary N) is 1. The van der Waals surface area contributed by atoms with Gasteiger partial charge in [0.05, 0.1) is 0 Å². The molecular formula is C16H29N5O2. The van der Waals surface area contributed by atoms with Crippen LogP contribution in [-0.2, 0) is 11.3 Å². The first-order valence-corrected chi connectivity index (χ1v) is 8.40. The Morgan fingerprint density at radius 3 is 2.91 bits per heavy atom. The van der Waals surface area contributed by atoms with E-state index in [1.165, 1.54) is 0 Å². The van der Waals surface area contributed by atoms with Gasteiger partial charge in [-0.05, 0) is 47.0 Å². The van der Waals surface area contributed by atoms with Gasteiger partial charge in [-0.1, -0.05) is 0 Å². The Labute approximate surface area is 138 Å². The van der Waals surface area contributed by atoms with Crippen LogP contribution in [0.4, 0.5) is 4.79 Å². The summed E-state index contributed by atoms with van der Waals surface area (Å²) in [5.41, 5.74) is -0.442. The number of amides is 1. The summed E-state index contributed by atoms with van der Waals surface area (Å²) in [5.74, 6) is 0. The molecule has 7 nitrogen and oxygen atoms in total. The lowest BCUT2D eigenvalue weighted by molar-refractivity contribution is 0.0183. The van der Waals surface area contributed by atoms with E-state index in [9.17, 15) is 4.79 Å². The molecule has 130 valence electrons. The first-order chi connectivity index (χ1) is 10.8. The van der Waals surface area contributed by atoms with Gasteiger partial charge in [-0.2, -0.15) is 5.10 Å². The van der Waals surface area contributed by atoms with E-state index in [1.807, 2.05) is 30.4 Å². The molecule has 2 atom stereocenters. The van der Waals surface area contributed by atoms with E-state index in [1.54, 1.807) is 12.7 Å². The van der Waals surface area contributed by atoms with Gasteiger partial charge >= 0.3 is 6.09 Å². The number of likely N-dealkylation sites (tertiary alicyclic amines) is 1. The molecule has 1 amide bonds. The molecule has 2 rings (SSSR count). The van der Waals surface area contributed by atoms with E-state index in [2.05, 4.69) is 22.3 Å². The van der Waals surface area contributed by atoms with Crippen LogP contribution in [0.5, 0.6) is 0 Å². The number of ether oxygens (including phenoxy) is 1. The second kappa shape index (κ2) is 7.77. The fourth-order valence-electron chi connectivity index (χ4n) is 2.77. The van der Waals surface area contributed by atoms with Crippen molar-refractivity contribution >= 4 is 6.09 Å². The molecule has 0 aliphatic carbocycles. The van der Waals surface area contributed by atoms with Crippen LogP contribution in [-0.4, -0.2) is 56.5 Å². The molecule has 0 radical (unpaired) electrons. The smallest absolute Gasteiger partial charge is 0.410 e. The number of carbonyl (C=O) groups excluding carboxylic acids is 1. The second-order valence-electron chi connectivity index (χ2n) is 7.28. The third kappa shape index (κ3) is 6.17. The molecule has 1 aromatic rings. The standard InChI is InChI=1S/C16H29N5O2/c1-13(7-9-21-12-17-11-18-21)19-14-6-5-8-20(10-14)15(22)23-16(2,3)4/h11-14,19H,5-10H2,1-4H3. The van der Waals surface area contributed by atoms with Crippen molar-refractivity contribution in [3.05, 3.63) is 12.7 Å². The van der Waals surface area contributed by atoms with Gasteiger partial charge in [0.15, 0.2) is 0 Å². The Balaban J connectivity index is 1.75. The molecule has 0 bridgehead atoms. The van der Waals surface area contributed by atoms with Crippen LogP contribution in [0.2, 0.25) is 0 Å². The molecule has 0 saturated carbocycles. The molecule has 1 saturated heterocycles. The molecule has 23 heavy (non-hydrogen) atoms. The van der Waals surface area contributed by atoms with Gasteiger partial charge in [-0.15, -0.1) is 0 Å². The Morgan fingerprint density at radius 2 is 2.26 bits per heavy atom. The zero-order valence-corrected chi connectivity index (χ0v) is 14.7. The molecule has 1 fully saturated rings. The molecule has 1 aliphatic heterocycles. The summed E-state index contributed by atoms with van der Waals surface area (Å²) in [6, 6.07) is 0.685. The topological polar surface area (TPSA) is 72.3 Å². The number of rotatable bonds is 5. The summed E-state index contributed by atoms with van der Waals surface area (Å²) in [4.78, 5) is 17.9. The Morgan fingerprint density at radius 1 is 1.48 bits per heavy atom. The molecule has 2 heterocycles. The number of piperidine rings is 1. The van der Waals surface area contributed by atoms with Crippen LogP contribution in [0, 0.1) is 0 Å². The van der Waals surface area contributed by atoms with Gasteiger partial charge < -0.3 is 15.0 Å². The Bertz CT molecular complexity index is 483. The monoisotopic (exact) mass is 323 g/mol. The highest BCUT2D eigenvalue weighted by Crippen LogP contribution is 2.16. The molecule has 2 unspecified atom stereocenters. The van der Waals surface area contributed by atoms with Crippen molar-refractivity contribution in [2.24, 2.45) is 0 Å². The lowest BCUT2D eigenvalue weighted by Gasteiger charge is -2.35. The quantitative estimate of drug-likeness (QED) is 0.898. The fourth-order valence-corrected chi connectivity index (χ4v) is 2.77. The van der Waals surface area contributed by atoms with E-state index in [4.69, 9.17) is 4.74 Å². The summed E-state index contributed by atoms with van der Waals surface area (Å²) in [6.07, 6.45) is 6.15. The van der Waals surface area contributed by atoms with Gasteiger partial charge in [0, 0.05) is 31.7 Å². The highest BCUT2D eigenvalue weighted by Gasteiger charge is 2.28. The first kappa shape index (κ1) is 17.7. The largest absolute Gasteiger partial charge is 0.444 e. The molecule has 7 heteroatoms. The number of aromatic nitrogens is 3. The van der Waals surface area contributed by atoms with Crippen LogP contribution in [0.1, 0.15) is 47.0 Å². The maximum absolute atomic E-state index is 12.2. The maximum Gasteiger partial charge on any atom is 0.410 e. The highest BCUT2D eigenvalue weighted by molar-refractivity contribution is 5.68. The van der Waals surface area contributed by atoms with Crippen molar-refractivity contribution in [1.82, 2.24) is 25.0 Å². The summed E-state index contributed by atoms with van der Waals surface area (Å²) in [7, 11) is 0. The van der Waals surface area contributed by atoms with Gasteiger partial charge in [0.2, 0.25) is 0 Å². The zero-order chi connectivity index (χ0) is 16.9. The van der Waals surface area contributed by atoms with Crippen LogP contribution >= 0.6 is 0 Å². The van der Waals surface area contributed by atoms with Crippen molar-refractivity contribution in [2.75, 3.05) is 13.1 Å². The van der Waals surface area contributed by atoms with Crippen molar-refractivity contribution < 1.29 is 9.53 Å². The van der Waals surface area contributed by atoms with Crippen molar-refractivity contribution in [3.63, 3.8) is 0 Å². The van der Waals surface area contributed by atoms with Crippen LogP contribution in [0.3, 0.4) is 0 Å². The highest BCUT2D eigenvalue weighted by atomic mass is 16.6. The summed E-state index contributed by atoms with van der Waals surface area (Å²) < 4.78 is 7.31. The number of aryl methyl sites for hydroxylation is 1. The van der Waals surface area contributed by atoms with E-state index < -0.39 is 5.60 Å². The van der Waals surface area contributed by atoms with Crippen molar-refractivity contribution in [3.8, 4) is 0 Å². The average molecular weight is 323 g/mol. The summed E-state index contributed by atoms with van der Waals surface area (Å²) >= 11 is 0. The maximum atomic E-state index is 12.2. The van der Waals surface area contributed by atoms with Gasteiger partial charge in [0.25, 0.3) is 0 Å². The van der Waals surface area contributed by atoms with Crippen molar-refractivity contribution in [2.45, 2.75) is 71.2 Å². The second-order valence-corrected chi connectivity index (χ2v) is 7.28. The van der Waals surface area contributed by atoms with Gasteiger partial charge in [-0.3, -0.25) is 4.68 Å². The molecule has 1 aromatic heterocycles. The number of carbonyl (C=O) groups is 1. The molecule has 1 aliphatic rings. The fraction of sp³-hybridized carbons (Fsp3) is 0.812. The molecular weight excluding hydrogens is 294 g/mol. The Kier molecular flexibility index (Phi) is 5.98. The van der Waals surface area contributed by atoms with Crippen LogP contribution in [0.15, 0.2) is 12.7 Å². The lowest BCUT2D eigenvalue weighted by Crippen LogP contribution is -2.51. The number of nitrogens with zero attached hydrogens (tertiary/aromatic N) is 4.